The normalized spacial score (nSPS) is 11.1. The van der Waals surface area contributed by atoms with Crippen molar-refractivity contribution in [2.45, 2.75) is 17.9 Å². The minimum Gasteiger partial charge on any atom is -0.330 e. The van der Waals surface area contributed by atoms with Crippen LogP contribution >= 0.6 is 12.4 Å². The van der Waals surface area contributed by atoms with Gasteiger partial charge in [-0.1, -0.05) is 12.1 Å². The fourth-order valence-electron chi connectivity index (χ4n) is 1.79. The number of halogens is 1. The first kappa shape index (κ1) is 16.7. The number of hydrogen-bond acceptors (Lipinski definition) is 4. The number of aryl methyl sites for hydroxylation is 1. The second-order valence-corrected chi connectivity index (χ2v) is 6.45. The van der Waals surface area contributed by atoms with Crippen LogP contribution in [-0.4, -0.2) is 31.0 Å². The first-order valence-corrected chi connectivity index (χ1v) is 7.93. The lowest BCUT2D eigenvalue weighted by molar-refractivity contribution is 0.585. The largest absolute Gasteiger partial charge is 0.330 e. The predicted octanol–water partition coefficient (Wildman–Crippen LogP) is 1.72. The summed E-state index contributed by atoms with van der Waals surface area (Å²) in [7, 11) is -3.18. The minimum absolute atomic E-state index is 0. The van der Waals surface area contributed by atoms with Crippen molar-refractivity contribution in [1.29, 1.82) is 0 Å². The fraction of sp³-hybridized carbons (Fsp3) is 0.308. The molecule has 1 heterocycles. The van der Waals surface area contributed by atoms with Crippen LogP contribution in [0, 0.1) is 0 Å². The van der Waals surface area contributed by atoms with Crippen LogP contribution in [0.15, 0.2) is 41.6 Å². The van der Waals surface area contributed by atoms with Crippen molar-refractivity contribution >= 4 is 22.2 Å². The maximum absolute atomic E-state index is 11.5. The Balaban J connectivity index is 0.00000200. The van der Waals surface area contributed by atoms with E-state index in [9.17, 15) is 8.42 Å². The average Bonchev–Trinajstić information content (AvgIpc) is 2.84. The molecule has 110 valence electrons. The van der Waals surface area contributed by atoms with E-state index in [1.165, 1.54) is 6.26 Å². The monoisotopic (exact) mass is 315 g/mol. The molecule has 1 aromatic carbocycles. The highest BCUT2D eigenvalue weighted by molar-refractivity contribution is 7.90. The molecule has 0 fully saturated rings. The van der Waals surface area contributed by atoms with Crippen LogP contribution in [0.25, 0.3) is 11.1 Å². The maximum atomic E-state index is 11.5. The quantitative estimate of drug-likeness (QED) is 0.911. The third kappa shape index (κ3) is 4.06. The van der Waals surface area contributed by atoms with Gasteiger partial charge in [-0.05, 0) is 30.7 Å². The SMILES string of the molecule is CS(=O)(=O)c1cccc(-c2cnn(CCCN)c2)c1.Cl. The van der Waals surface area contributed by atoms with Gasteiger partial charge in [-0.15, -0.1) is 12.4 Å². The standard InChI is InChI=1S/C13H17N3O2S.ClH/c1-19(17,18)13-5-2-4-11(8-13)12-9-15-16(10-12)7-3-6-14;/h2,4-5,8-10H,3,6-7,14H2,1H3;1H. The Hall–Kier alpha value is -1.37. The van der Waals surface area contributed by atoms with E-state index in [-0.39, 0.29) is 12.4 Å². The summed E-state index contributed by atoms with van der Waals surface area (Å²) >= 11 is 0. The molecule has 0 radical (unpaired) electrons. The summed E-state index contributed by atoms with van der Waals surface area (Å²) in [4.78, 5) is 0.319. The Labute approximate surface area is 125 Å². The van der Waals surface area contributed by atoms with E-state index in [1.807, 2.05) is 16.9 Å². The molecule has 0 bridgehead atoms. The van der Waals surface area contributed by atoms with E-state index in [2.05, 4.69) is 5.10 Å². The Kier molecular flexibility index (Phi) is 5.74. The molecule has 2 N–H and O–H groups in total. The lowest BCUT2D eigenvalue weighted by atomic mass is 10.1. The van der Waals surface area contributed by atoms with Gasteiger partial charge in [-0.25, -0.2) is 8.42 Å². The zero-order chi connectivity index (χ0) is 13.9. The molecule has 0 aliphatic carbocycles. The van der Waals surface area contributed by atoms with Gasteiger partial charge in [0, 0.05) is 24.6 Å². The van der Waals surface area contributed by atoms with E-state index < -0.39 is 9.84 Å². The Bertz CT molecular complexity index is 668. The molecule has 0 aliphatic rings. The molecular formula is C13H18ClN3O2S. The minimum atomic E-state index is -3.18. The van der Waals surface area contributed by atoms with E-state index in [0.717, 1.165) is 24.1 Å². The molecule has 0 spiro atoms. The van der Waals surface area contributed by atoms with Crippen LogP contribution in [0.1, 0.15) is 6.42 Å². The molecule has 0 saturated heterocycles. The molecule has 0 atom stereocenters. The van der Waals surface area contributed by atoms with Crippen LogP contribution in [0.4, 0.5) is 0 Å². The maximum Gasteiger partial charge on any atom is 0.175 e. The molecule has 5 nitrogen and oxygen atoms in total. The summed E-state index contributed by atoms with van der Waals surface area (Å²) in [6, 6.07) is 6.87. The van der Waals surface area contributed by atoms with Gasteiger partial charge in [0.2, 0.25) is 0 Å². The van der Waals surface area contributed by atoms with Crippen LogP contribution < -0.4 is 5.73 Å². The van der Waals surface area contributed by atoms with Crippen molar-refractivity contribution in [3.63, 3.8) is 0 Å². The summed E-state index contributed by atoms with van der Waals surface area (Å²) in [6.45, 7) is 1.39. The van der Waals surface area contributed by atoms with Gasteiger partial charge in [0.1, 0.15) is 0 Å². The molecule has 1 aromatic heterocycles. The number of benzene rings is 1. The fourth-order valence-corrected chi connectivity index (χ4v) is 2.46. The zero-order valence-corrected chi connectivity index (χ0v) is 12.8. The van der Waals surface area contributed by atoms with Crippen molar-refractivity contribution in [2.75, 3.05) is 12.8 Å². The number of aromatic nitrogens is 2. The van der Waals surface area contributed by atoms with E-state index >= 15 is 0 Å². The van der Waals surface area contributed by atoms with Gasteiger partial charge in [0.05, 0.1) is 11.1 Å². The summed E-state index contributed by atoms with van der Waals surface area (Å²) in [5, 5.41) is 4.23. The van der Waals surface area contributed by atoms with E-state index in [1.54, 1.807) is 24.4 Å². The predicted molar refractivity (Wildman–Crippen MR) is 81.7 cm³/mol. The molecule has 0 unspecified atom stereocenters. The Morgan fingerprint density at radius 3 is 2.70 bits per heavy atom. The summed E-state index contributed by atoms with van der Waals surface area (Å²) < 4.78 is 24.9. The van der Waals surface area contributed by atoms with Crippen LogP contribution in [-0.2, 0) is 16.4 Å². The van der Waals surface area contributed by atoms with Gasteiger partial charge in [-0.2, -0.15) is 5.10 Å². The van der Waals surface area contributed by atoms with E-state index in [0.29, 0.717) is 11.4 Å². The first-order valence-electron chi connectivity index (χ1n) is 6.04. The molecular weight excluding hydrogens is 298 g/mol. The summed E-state index contributed by atoms with van der Waals surface area (Å²) in [5.41, 5.74) is 7.21. The summed E-state index contributed by atoms with van der Waals surface area (Å²) in [6.07, 6.45) is 5.70. The van der Waals surface area contributed by atoms with Gasteiger partial charge in [0.25, 0.3) is 0 Å². The van der Waals surface area contributed by atoms with Crippen molar-refractivity contribution in [3.05, 3.63) is 36.7 Å². The Morgan fingerprint density at radius 2 is 2.05 bits per heavy atom. The van der Waals surface area contributed by atoms with Crippen LogP contribution in [0.3, 0.4) is 0 Å². The topological polar surface area (TPSA) is 78.0 Å². The molecule has 2 aromatic rings. The van der Waals surface area contributed by atoms with E-state index in [4.69, 9.17) is 5.73 Å². The number of nitrogens with two attached hydrogens (primary N) is 1. The average molecular weight is 316 g/mol. The van der Waals surface area contributed by atoms with Crippen molar-refractivity contribution in [2.24, 2.45) is 5.73 Å². The number of nitrogens with zero attached hydrogens (tertiary/aromatic N) is 2. The van der Waals surface area contributed by atoms with Crippen molar-refractivity contribution in [3.8, 4) is 11.1 Å². The third-order valence-electron chi connectivity index (χ3n) is 2.82. The molecule has 0 aliphatic heterocycles. The molecule has 2 rings (SSSR count). The van der Waals surface area contributed by atoms with Gasteiger partial charge >= 0.3 is 0 Å². The molecule has 20 heavy (non-hydrogen) atoms. The molecule has 0 saturated carbocycles. The lowest BCUT2D eigenvalue weighted by Gasteiger charge is -2.01. The highest BCUT2D eigenvalue weighted by Gasteiger charge is 2.09. The van der Waals surface area contributed by atoms with Gasteiger partial charge < -0.3 is 5.73 Å². The second kappa shape index (κ2) is 6.88. The third-order valence-corrected chi connectivity index (χ3v) is 3.93. The second-order valence-electron chi connectivity index (χ2n) is 4.43. The highest BCUT2D eigenvalue weighted by atomic mass is 35.5. The number of rotatable bonds is 5. The van der Waals surface area contributed by atoms with Gasteiger partial charge in [0.15, 0.2) is 9.84 Å². The van der Waals surface area contributed by atoms with Crippen LogP contribution in [0.2, 0.25) is 0 Å². The zero-order valence-electron chi connectivity index (χ0n) is 11.2. The number of sulfone groups is 1. The van der Waals surface area contributed by atoms with Crippen LogP contribution in [0.5, 0.6) is 0 Å². The van der Waals surface area contributed by atoms with Crippen molar-refractivity contribution < 1.29 is 8.42 Å². The number of hydrogen-bond donors (Lipinski definition) is 1. The summed E-state index contributed by atoms with van der Waals surface area (Å²) in [5.74, 6) is 0. The molecule has 7 heteroatoms. The molecule has 0 amide bonds. The highest BCUT2D eigenvalue weighted by Crippen LogP contribution is 2.22. The lowest BCUT2D eigenvalue weighted by Crippen LogP contribution is -2.05. The first-order chi connectivity index (χ1) is 9.00. The smallest absolute Gasteiger partial charge is 0.175 e. The van der Waals surface area contributed by atoms with Gasteiger partial charge in [-0.3, -0.25) is 4.68 Å². The Morgan fingerprint density at radius 1 is 1.30 bits per heavy atom. The van der Waals surface area contributed by atoms with Crippen molar-refractivity contribution in [1.82, 2.24) is 9.78 Å².